The first-order chi connectivity index (χ1) is 5.83. The molecule has 0 atom stereocenters. The Morgan fingerprint density at radius 1 is 1.67 bits per heavy atom. The molecule has 0 saturated heterocycles. The Balaban J connectivity index is 2.88. The molecule has 2 heterocycles. The normalized spacial score (nSPS) is 13.8. The number of hydrogen-bond donors (Lipinski definition) is 1. The lowest BCUT2D eigenvalue weighted by Crippen LogP contribution is -2.36. The van der Waals surface area contributed by atoms with E-state index in [1.807, 2.05) is 24.0 Å². The van der Waals surface area contributed by atoms with Crippen LogP contribution in [0.1, 0.15) is 10.4 Å². The highest BCUT2D eigenvalue weighted by Crippen LogP contribution is 1.84. The number of carbonyl (C=O) groups excluding carboxylic acids is 1. The monoisotopic (exact) mass is 162 g/mol. The largest absolute Gasteiger partial charge is 0.387 e. The molecule has 0 aromatic carbocycles. The van der Waals surface area contributed by atoms with Gasteiger partial charge in [0, 0.05) is 42.1 Å². The Bertz CT molecular complexity index is 428. The third-order valence-electron chi connectivity index (χ3n) is 2.09. The SMILES string of the molecule is Cn1cc(C=O)c2c1=CCNC=2. The van der Waals surface area contributed by atoms with Crippen molar-refractivity contribution in [3.8, 4) is 0 Å². The van der Waals surface area contributed by atoms with Gasteiger partial charge in [-0.2, -0.15) is 0 Å². The number of hydrogen-bond acceptors (Lipinski definition) is 2. The van der Waals surface area contributed by atoms with Crippen LogP contribution in [0, 0.1) is 0 Å². The molecule has 12 heavy (non-hydrogen) atoms. The second-order valence-electron chi connectivity index (χ2n) is 2.87. The van der Waals surface area contributed by atoms with Crippen molar-refractivity contribution in [3.63, 3.8) is 0 Å². The van der Waals surface area contributed by atoms with Crippen LogP contribution in [0.2, 0.25) is 0 Å². The van der Waals surface area contributed by atoms with Crippen molar-refractivity contribution in [1.82, 2.24) is 9.88 Å². The standard InChI is InChI=1S/C9H10N2O/c1-11-5-7(6-12)8-4-10-3-2-9(8)11/h2,4-6,10H,3H2,1H3. The van der Waals surface area contributed by atoms with Gasteiger partial charge in [-0.25, -0.2) is 0 Å². The highest BCUT2D eigenvalue weighted by molar-refractivity contribution is 5.75. The summed E-state index contributed by atoms with van der Waals surface area (Å²) in [6, 6.07) is 0. The van der Waals surface area contributed by atoms with Crippen LogP contribution < -0.4 is 15.9 Å². The minimum Gasteiger partial charge on any atom is -0.387 e. The van der Waals surface area contributed by atoms with Crippen LogP contribution in [0.4, 0.5) is 0 Å². The molecule has 0 amide bonds. The van der Waals surface area contributed by atoms with E-state index < -0.39 is 0 Å². The number of aryl methyl sites for hydroxylation is 1. The van der Waals surface area contributed by atoms with Gasteiger partial charge in [-0.05, 0) is 6.08 Å². The minimum atomic E-state index is 0.746. The molecule has 1 aromatic heterocycles. The fraction of sp³-hybridized carbons (Fsp3) is 0.222. The number of rotatable bonds is 1. The zero-order valence-electron chi connectivity index (χ0n) is 6.87. The molecule has 2 rings (SSSR count). The number of nitrogens with zero attached hydrogens (tertiary/aromatic N) is 1. The van der Waals surface area contributed by atoms with Crippen LogP contribution in [0.25, 0.3) is 12.3 Å². The second kappa shape index (κ2) is 2.52. The Kier molecular flexibility index (Phi) is 1.50. The van der Waals surface area contributed by atoms with Crippen LogP contribution in [0.15, 0.2) is 6.20 Å². The van der Waals surface area contributed by atoms with Gasteiger partial charge in [0.1, 0.15) is 0 Å². The molecule has 0 radical (unpaired) electrons. The summed E-state index contributed by atoms with van der Waals surface area (Å²) in [7, 11) is 1.95. The van der Waals surface area contributed by atoms with E-state index in [9.17, 15) is 4.79 Å². The molecule has 0 bridgehead atoms. The fourth-order valence-electron chi connectivity index (χ4n) is 1.51. The average Bonchev–Trinajstić information content (AvgIpc) is 2.44. The molecule has 3 heteroatoms. The van der Waals surface area contributed by atoms with Crippen molar-refractivity contribution in [3.05, 3.63) is 22.3 Å². The highest BCUT2D eigenvalue weighted by atomic mass is 16.1. The molecule has 3 nitrogen and oxygen atoms in total. The zero-order chi connectivity index (χ0) is 8.55. The number of carbonyl (C=O) groups is 1. The molecule has 62 valence electrons. The van der Waals surface area contributed by atoms with Gasteiger partial charge < -0.3 is 9.88 Å². The van der Waals surface area contributed by atoms with Crippen molar-refractivity contribution in [2.24, 2.45) is 7.05 Å². The van der Waals surface area contributed by atoms with Gasteiger partial charge in [0.15, 0.2) is 6.29 Å². The molecule has 0 fully saturated rings. The van der Waals surface area contributed by atoms with E-state index in [2.05, 4.69) is 11.4 Å². The van der Waals surface area contributed by atoms with Crippen molar-refractivity contribution in [2.75, 3.05) is 6.54 Å². The topological polar surface area (TPSA) is 34.0 Å². The maximum atomic E-state index is 10.6. The Morgan fingerprint density at radius 3 is 3.25 bits per heavy atom. The molecule has 1 aliphatic heterocycles. The molecular weight excluding hydrogens is 152 g/mol. The molecule has 1 aliphatic rings. The summed E-state index contributed by atoms with van der Waals surface area (Å²) in [5, 5.41) is 5.20. The van der Waals surface area contributed by atoms with Gasteiger partial charge >= 0.3 is 0 Å². The van der Waals surface area contributed by atoms with E-state index in [1.54, 1.807) is 0 Å². The number of aromatic nitrogens is 1. The average molecular weight is 162 g/mol. The molecule has 0 saturated carbocycles. The number of aldehydes is 1. The number of fused-ring (bicyclic) bond motifs is 1. The third-order valence-corrected chi connectivity index (χ3v) is 2.09. The molecule has 1 N–H and O–H groups in total. The van der Waals surface area contributed by atoms with E-state index >= 15 is 0 Å². The highest BCUT2D eigenvalue weighted by Gasteiger charge is 2.02. The third kappa shape index (κ3) is 0.863. The summed E-state index contributed by atoms with van der Waals surface area (Å²) in [4.78, 5) is 10.6. The molecule has 0 spiro atoms. The number of nitrogens with one attached hydrogen (secondary N) is 1. The quantitative estimate of drug-likeness (QED) is 0.535. The van der Waals surface area contributed by atoms with Crippen molar-refractivity contribution >= 4 is 18.6 Å². The van der Waals surface area contributed by atoms with Crippen LogP contribution in [-0.2, 0) is 7.05 Å². The lowest BCUT2D eigenvalue weighted by Gasteiger charge is -1.99. The van der Waals surface area contributed by atoms with Gasteiger partial charge in [0.05, 0.1) is 0 Å². The van der Waals surface area contributed by atoms with Crippen LogP contribution in [-0.4, -0.2) is 17.4 Å². The lowest BCUT2D eigenvalue weighted by molar-refractivity contribution is 0.112. The summed E-state index contributed by atoms with van der Waals surface area (Å²) < 4.78 is 1.97. The predicted molar refractivity (Wildman–Crippen MR) is 47.0 cm³/mol. The Hall–Kier alpha value is -1.51. The first-order valence-corrected chi connectivity index (χ1v) is 3.87. The Labute approximate surface area is 70.0 Å². The second-order valence-corrected chi connectivity index (χ2v) is 2.87. The fourth-order valence-corrected chi connectivity index (χ4v) is 1.51. The van der Waals surface area contributed by atoms with Gasteiger partial charge in [0.2, 0.25) is 0 Å². The van der Waals surface area contributed by atoms with E-state index in [-0.39, 0.29) is 0 Å². The van der Waals surface area contributed by atoms with Crippen LogP contribution in [0.3, 0.4) is 0 Å². The predicted octanol–water partition coefficient (Wildman–Crippen LogP) is -1.04. The van der Waals surface area contributed by atoms with Crippen LogP contribution >= 0.6 is 0 Å². The molecular formula is C9H10N2O. The Morgan fingerprint density at radius 2 is 2.50 bits per heavy atom. The maximum Gasteiger partial charge on any atom is 0.152 e. The first kappa shape index (κ1) is 7.16. The van der Waals surface area contributed by atoms with E-state index in [0.717, 1.165) is 29.0 Å². The summed E-state index contributed by atoms with van der Waals surface area (Å²) in [5.41, 5.74) is 0.746. The smallest absolute Gasteiger partial charge is 0.152 e. The summed E-state index contributed by atoms with van der Waals surface area (Å²) >= 11 is 0. The minimum absolute atomic E-state index is 0.746. The summed E-state index contributed by atoms with van der Waals surface area (Å²) in [5.74, 6) is 0. The summed E-state index contributed by atoms with van der Waals surface area (Å²) in [6.07, 6.45) is 6.69. The van der Waals surface area contributed by atoms with E-state index in [4.69, 9.17) is 0 Å². The van der Waals surface area contributed by atoms with Gasteiger partial charge in [0.25, 0.3) is 0 Å². The van der Waals surface area contributed by atoms with Crippen LogP contribution in [0.5, 0.6) is 0 Å². The summed E-state index contributed by atoms with van der Waals surface area (Å²) in [6.45, 7) is 0.836. The zero-order valence-corrected chi connectivity index (χ0v) is 6.87. The maximum absolute atomic E-state index is 10.6. The lowest BCUT2D eigenvalue weighted by atomic mass is 10.2. The van der Waals surface area contributed by atoms with E-state index in [0.29, 0.717) is 0 Å². The van der Waals surface area contributed by atoms with Crippen molar-refractivity contribution < 1.29 is 4.79 Å². The van der Waals surface area contributed by atoms with E-state index in [1.165, 1.54) is 0 Å². The van der Waals surface area contributed by atoms with Gasteiger partial charge in [-0.3, -0.25) is 4.79 Å². The van der Waals surface area contributed by atoms with Crippen molar-refractivity contribution in [1.29, 1.82) is 0 Å². The first-order valence-electron chi connectivity index (χ1n) is 3.87. The molecule has 1 aromatic rings. The van der Waals surface area contributed by atoms with Gasteiger partial charge in [-0.15, -0.1) is 0 Å². The van der Waals surface area contributed by atoms with Gasteiger partial charge in [-0.1, -0.05) is 0 Å². The molecule has 0 aliphatic carbocycles. The van der Waals surface area contributed by atoms with Crippen molar-refractivity contribution in [2.45, 2.75) is 0 Å². The molecule has 0 unspecified atom stereocenters.